The summed E-state index contributed by atoms with van der Waals surface area (Å²) in [4.78, 5) is 15.2. The molecule has 0 aliphatic carbocycles. The molecule has 35 heavy (non-hydrogen) atoms. The highest BCUT2D eigenvalue weighted by Crippen LogP contribution is 2.33. The summed E-state index contributed by atoms with van der Waals surface area (Å²) >= 11 is 0. The third kappa shape index (κ3) is 5.41. The predicted octanol–water partition coefficient (Wildman–Crippen LogP) is 5.75. The van der Waals surface area contributed by atoms with Gasteiger partial charge in [0.1, 0.15) is 5.76 Å². The Morgan fingerprint density at radius 1 is 1.00 bits per heavy atom. The molecule has 1 aliphatic heterocycles. The van der Waals surface area contributed by atoms with E-state index in [1.165, 1.54) is 22.4 Å². The molecule has 2 atom stereocenters. The number of hydrogen-bond donors (Lipinski definition) is 1. The first-order valence-corrected chi connectivity index (χ1v) is 12.5. The molecule has 1 amide bonds. The van der Waals surface area contributed by atoms with Crippen LogP contribution in [0.4, 0.5) is 0 Å². The monoisotopic (exact) mass is 467 g/mol. The van der Waals surface area contributed by atoms with E-state index in [1.807, 2.05) is 31.2 Å². The highest BCUT2D eigenvalue weighted by Gasteiger charge is 2.29. The molecule has 0 bridgehead atoms. The van der Waals surface area contributed by atoms with Gasteiger partial charge >= 0.3 is 0 Å². The molecule has 5 rings (SSSR count). The number of carbonyl (C=O) groups is 1. The first-order chi connectivity index (χ1) is 17.1. The second-order valence-electron chi connectivity index (χ2n) is 9.57. The van der Waals surface area contributed by atoms with E-state index in [-0.39, 0.29) is 18.0 Å². The fraction of sp³-hybridized carbons (Fsp3) is 0.300. The Balaban J connectivity index is 1.24. The minimum absolute atomic E-state index is 0.0667. The second kappa shape index (κ2) is 10.4. The Morgan fingerprint density at radius 2 is 1.80 bits per heavy atom. The van der Waals surface area contributed by atoms with Gasteiger partial charge in [-0.2, -0.15) is 0 Å². The van der Waals surface area contributed by atoms with E-state index in [0.717, 1.165) is 31.7 Å². The summed E-state index contributed by atoms with van der Waals surface area (Å²) in [5, 5.41) is 3.08. The third-order valence-electron chi connectivity index (χ3n) is 6.86. The normalized spacial score (nSPS) is 16.6. The maximum atomic E-state index is 12.8. The van der Waals surface area contributed by atoms with Crippen LogP contribution in [0.15, 0.2) is 89.5 Å². The molecule has 2 aromatic carbocycles. The molecule has 0 spiro atoms. The lowest BCUT2D eigenvalue weighted by atomic mass is 9.99. The Morgan fingerprint density at radius 3 is 2.60 bits per heavy atom. The fourth-order valence-electron chi connectivity index (χ4n) is 4.91. The summed E-state index contributed by atoms with van der Waals surface area (Å²) in [6.45, 7) is 6.67. The lowest BCUT2D eigenvalue weighted by Crippen LogP contribution is -2.37. The molecule has 1 aliphatic rings. The van der Waals surface area contributed by atoms with Crippen molar-refractivity contribution in [2.24, 2.45) is 0 Å². The number of hydrogen-bond acceptors (Lipinski definition) is 3. The molecule has 2 aromatic heterocycles. The number of aryl methyl sites for hydroxylation is 2. The van der Waals surface area contributed by atoms with Crippen molar-refractivity contribution >= 4 is 5.91 Å². The summed E-state index contributed by atoms with van der Waals surface area (Å²) in [6.07, 6.45) is 3.97. The first-order valence-electron chi connectivity index (χ1n) is 12.5. The average molecular weight is 468 g/mol. The fourth-order valence-corrected chi connectivity index (χ4v) is 4.91. The van der Waals surface area contributed by atoms with Crippen molar-refractivity contribution in [1.82, 2.24) is 14.8 Å². The quantitative estimate of drug-likeness (QED) is 0.359. The van der Waals surface area contributed by atoms with Gasteiger partial charge in [0, 0.05) is 31.0 Å². The van der Waals surface area contributed by atoms with E-state index in [0.29, 0.717) is 12.3 Å². The van der Waals surface area contributed by atoms with Gasteiger partial charge in [0.15, 0.2) is 5.76 Å². The van der Waals surface area contributed by atoms with Crippen LogP contribution in [0, 0.1) is 6.92 Å². The number of rotatable bonds is 8. The standard InChI is InChI=1S/C30H33N3O2/c1-22-10-14-25(15-11-22)29-27-9-6-18-32(27)19-20-33(29)21-26-16-17-28(35-26)30(34)31-23(2)12-13-24-7-4-3-5-8-24/h3-11,14-18,23,29H,12-13,19-21H2,1-2H3,(H,31,34). The van der Waals surface area contributed by atoms with Crippen LogP contribution in [-0.2, 0) is 19.5 Å². The SMILES string of the molecule is Cc1ccc(C2c3cccn3CCN2Cc2ccc(C(=O)NC(C)CCc3ccccc3)o2)cc1. The van der Waals surface area contributed by atoms with Gasteiger partial charge in [-0.1, -0.05) is 60.2 Å². The van der Waals surface area contributed by atoms with Crippen LogP contribution < -0.4 is 5.32 Å². The smallest absolute Gasteiger partial charge is 0.287 e. The molecule has 3 heterocycles. The molecule has 0 saturated carbocycles. The van der Waals surface area contributed by atoms with E-state index in [2.05, 4.69) is 76.4 Å². The van der Waals surface area contributed by atoms with Gasteiger partial charge < -0.3 is 14.3 Å². The number of nitrogens with one attached hydrogen (secondary N) is 1. The minimum atomic E-state index is -0.153. The van der Waals surface area contributed by atoms with Gasteiger partial charge in [0.2, 0.25) is 0 Å². The summed E-state index contributed by atoms with van der Waals surface area (Å²) in [6, 6.07) is 27.4. The number of furan rings is 1. The Kier molecular flexibility index (Phi) is 6.87. The lowest BCUT2D eigenvalue weighted by Gasteiger charge is -2.37. The molecule has 2 unspecified atom stereocenters. The number of amides is 1. The molecule has 0 saturated heterocycles. The van der Waals surface area contributed by atoms with Crippen molar-refractivity contribution < 1.29 is 9.21 Å². The van der Waals surface area contributed by atoms with Crippen molar-refractivity contribution in [2.75, 3.05) is 6.54 Å². The number of nitrogens with zero attached hydrogens (tertiary/aromatic N) is 2. The second-order valence-corrected chi connectivity index (χ2v) is 9.57. The Hall–Kier alpha value is -3.57. The molecular weight excluding hydrogens is 434 g/mol. The van der Waals surface area contributed by atoms with Crippen LogP contribution in [0.3, 0.4) is 0 Å². The number of fused-ring (bicyclic) bond motifs is 1. The molecule has 1 N–H and O–H groups in total. The molecular formula is C30H33N3O2. The van der Waals surface area contributed by atoms with Crippen molar-refractivity contribution in [2.45, 2.75) is 51.9 Å². The first kappa shape index (κ1) is 23.2. The van der Waals surface area contributed by atoms with Crippen molar-refractivity contribution in [1.29, 1.82) is 0 Å². The average Bonchev–Trinajstić information content (AvgIpc) is 3.54. The van der Waals surface area contributed by atoms with Crippen LogP contribution in [0.5, 0.6) is 0 Å². The van der Waals surface area contributed by atoms with Gasteiger partial charge in [-0.15, -0.1) is 0 Å². The van der Waals surface area contributed by atoms with Crippen molar-refractivity contribution in [3.8, 4) is 0 Å². The van der Waals surface area contributed by atoms with E-state index in [1.54, 1.807) is 6.07 Å². The van der Waals surface area contributed by atoms with E-state index in [4.69, 9.17) is 4.42 Å². The van der Waals surface area contributed by atoms with Crippen LogP contribution in [0.1, 0.15) is 58.1 Å². The molecule has 4 aromatic rings. The molecule has 5 nitrogen and oxygen atoms in total. The number of aromatic nitrogens is 1. The number of carbonyl (C=O) groups excluding carboxylic acids is 1. The lowest BCUT2D eigenvalue weighted by molar-refractivity contribution is 0.0904. The topological polar surface area (TPSA) is 50.4 Å². The van der Waals surface area contributed by atoms with Gasteiger partial charge in [-0.05, 0) is 62.1 Å². The van der Waals surface area contributed by atoms with Crippen molar-refractivity contribution in [3.63, 3.8) is 0 Å². The summed E-state index contributed by atoms with van der Waals surface area (Å²) in [5.74, 6) is 1.03. The Bertz CT molecular complexity index is 1260. The summed E-state index contributed by atoms with van der Waals surface area (Å²) in [7, 11) is 0. The van der Waals surface area contributed by atoms with E-state index < -0.39 is 0 Å². The zero-order valence-corrected chi connectivity index (χ0v) is 20.5. The van der Waals surface area contributed by atoms with Crippen LogP contribution in [-0.4, -0.2) is 28.0 Å². The van der Waals surface area contributed by atoms with E-state index in [9.17, 15) is 4.79 Å². The summed E-state index contributed by atoms with van der Waals surface area (Å²) < 4.78 is 8.36. The molecule has 0 fully saturated rings. The maximum Gasteiger partial charge on any atom is 0.287 e. The minimum Gasteiger partial charge on any atom is -0.455 e. The van der Waals surface area contributed by atoms with Gasteiger partial charge in [-0.25, -0.2) is 0 Å². The highest BCUT2D eigenvalue weighted by atomic mass is 16.4. The van der Waals surface area contributed by atoms with Crippen LogP contribution in [0.2, 0.25) is 0 Å². The molecule has 0 radical (unpaired) electrons. The highest BCUT2D eigenvalue weighted by molar-refractivity contribution is 5.91. The zero-order valence-electron chi connectivity index (χ0n) is 20.5. The molecule has 180 valence electrons. The van der Waals surface area contributed by atoms with Gasteiger partial charge in [0.05, 0.1) is 12.6 Å². The maximum absolute atomic E-state index is 12.8. The number of benzene rings is 2. The Labute approximate surface area is 207 Å². The van der Waals surface area contributed by atoms with E-state index >= 15 is 0 Å². The predicted molar refractivity (Wildman–Crippen MR) is 138 cm³/mol. The van der Waals surface area contributed by atoms with Gasteiger partial charge in [-0.3, -0.25) is 9.69 Å². The third-order valence-corrected chi connectivity index (χ3v) is 6.86. The van der Waals surface area contributed by atoms with Crippen LogP contribution >= 0.6 is 0 Å². The zero-order chi connectivity index (χ0) is 24.2. The molecule has 5 heteroatoms. The van der Waals surface area contributed by atoms with Gasteiger partial charge in [0.25, 0.3) is 5.91 Å². The largest absolute Gasteiger partial charge is 0.455 e. The summed E-state index contributed by atoms with van der Waals surface area (Å²) in [5.41, 5.74) is 5.10. The van der Waals surface area contributed by atoms with Crippen LogP contribution in [0.25, 0.3) is 0 Å². The van der Waals surface area contributed by atoms with Crippen molar-refractivity contribution in [3.05, 3.63) is 119 Å².